The van der Waals surface area contributed by atoms with E-state index in [0.29, 0.717) is 5.75 Å². The number of hydrogen-bond donors (Lipinski definition) is 1. The molecule has 0 aliphatic carbocycles. The fourth-order valence-corrected chi connectivity index (χ4v) is 3.41. The van der Waals surface area contributed by atoms with Gasteiger partial charge in [-0.25, -0.2) is 9.67 Å². The van der Waals surface area contributed by atoms with Crippen LogP contribution in [-0.4, -0.2) is 53.4 Å². The highest BCUT2D eigenvalue weighted by Crippen LogP contribution is 2.29. The van der Waals surface area contributed by atoms with Crippen LogP contribution in [0, 0.1) is 0 Å². The van der Waals surface area contributed by atoms with E-state index in [0.717, 1.165) is 22.6 Å². The van der Waals surface area contributed by atoms with Crippen LogP contribution in [0.15, 0.2) is 55.1 Å². The van der Waals surface area contributed by atoms with Crippen LogP contribution in [0.3, 0.4) is 0 Å². The summed E-state index contributed by atoms with van der Waals surface area (Å²) in [5.41, 5.74) is 2.92. The van der Waals surface area contributed by atoms with E-state index >= 15 is 0 Å². The Labute approximate surface area is 182 Å². The van der Waals surface area contributed by atoms with Gasteiger partial charge in [0.1, 0.15) is 24.2 Å². The number of nitrogens with zero attached hydrogens (tertiary/aromatic N) is 4. The average molecular weight is 424 g/mol. The van der Waals surface area contributed by atoms with Crippen LogP contribution in [0.5, 0.6) is 11.5 Å². The molecule has 164 valence electrons. The van der Waals surface area contributed by atoms with Crippen LogP contribution >= 0.6 is 0 Å². The topological polar surface area (TPSA) is 81.5 Å². The van der Waals surface area contributed by atoms with Crippen molar-refractivity contribution in [1.29, 1.82) is 0 Å². The smallest absolute Gasteiger partial charge is 0.234 e. The maximum atomic E-state index is 12.7. The van der Waals surface area contributed by atoms with Crippen LogP contribution < -0.4 is 14.8 Å². The maximum absolute atomic E-state index is 12.7. The monoisotopic (exact) mass is 423 g/mol. The molecule has 0 fully saturated rings. The highest BCUT2D eigenvalue weighted by molar-refractivity contribution is 5.78. The highest BCUT2D eigenvalue weighted by atomic mass is 16.5. The van der Waals surface area contributed by atoms with Gasteiger partial charge >= 0.3 is 0 Å². The molecule has 0 bridgehead atoms. The van der Waals surface area contributed by atoms with Gasteiger partial charge in [-0.05, 0) is 56.8 Å². The summed E-state index contributed by atoms with van der Waals surface area (Å²) in [4.78, 5) is 18.7. The molecular weight excluding hydrogens is 394 g/mol. The largest absolute Gasteiger partial charge is 0.497 e. The van der Waals surface area contributed by atoms with E-state index in [2.05, 4.69) is 22.3 Å². The minimum absolute atomic E-state index is 0.0639. The van der Waals surface area contributed by atoms with Crippen molar-refractivity contribution in [3.8, 4) is 17.2 Å². The minimum Gasteiger partial charge on any atom is -0.497 e. The van der Waals surface area contributed by atoms with E-state index in [1.54, 1.807) is 25.2 Å². The Hall–Kier alpha value is -3.39. The second-order valence-corrected chi connectivity index (χ2v) is 7.42. The predicted octanol–water partition coefficient (Wildman–Crippen LogP) is 3.15. The van der Waals surface area contributed by atoms with Crippen molar-refractivity contribution in [1.82, 2.24) is 25.0 Å². The number of carbonyl (C=O) groups excluding carboxylic acids is 1. The Bertz CT molecular complexity index is 989. The molecule has 0 saturated heterocycles. The molecule has 2 atom stereocenters. The van der Waals surface area contributed by atoms with Crippen LogP contribution in [-0.2, 0) is 4.79 Å². The van der Waals surface area contributed by atoms with Gasteiger partial charge in [-0.1, -0.05) is 12.1 Å². The molecule has 2 aromatic carbocycles. The first-order valence-corrected chi connectivity index (χ1v) is 10.1. The lowest BCUT2D eigenvalue weighted by Gasteiger charge is -2.26. The number of carbonyl (C=O) groups is 1. The summed E-state index contributed by atoms with van der Waals surface area (Å²) in [6, 6.07) is 13.5. The van der Waals surface area contributed by atoms with E-state index in [9.17, 15) is 4.79 Å². The van der Waals surface area contributed by atoms with Crippen LogP contribution in [0.1, 0.15) is 37.1 Å². The molecule has 8 nitrogen and oxygen atoms in total. The molecule has 0 aliphatic heterocycles. The number of nitrogens with one attached hydrogen (secondary N) is 1. The highest BCUT2D eigenvalue weighted by Gasteiger charge is 2.19. The third-order valence-corrected chi connectivity index (χ3v) is 5.39. The summed E-state index contributed by atoms with van der Waals surface area (Å²) < 4.78 is 12.4. The van der Waals surface area contributed by atoms with Crippen LogP contribution in [0.25, 0.3) is 5.69 Å². The summed E-state index contributed by atoms with van der Waals surface area (Å²) in [5.74, 6) is 1.37. The van der Waals surface area contributed by atoms with E-state index in [1.807, 2.05) is 61.3 Å². The number of ether oxygens (including phenoxy) is 2. The van der Waals surface area contributed by atoms with Crippen molar-refractivity contribution >= 4 is 5.91 Å². The SMILES string of the molecule is COc1ccc(OC)c([C@@H](C)NC(=O)CN(C)[C@@H](C)c2ccc(-n3cncn3)cc2)c1. The molecule has 1 aromatic heterocycles. The van der Waals surface area contributed by atoms with Crippen molar-refractivity contribution in [2.45, 2.75) is 25.9 Å². The number of amides is 1. The molecule has 0 aliphatic rings. The van der Waals surface area contributed by atoms with Gasteiger partial charge < -0.3 is 14.8 Å². The second-order valence-electron chi connectivity index (χ2n) is 7.42. The van der Waals surface area contributed by atoms with Gasteiger partial charge in [-0.3, -0.25) is 9.69 Å². The van der Waals surface area contributed by atoms with Crippen molar-refractivity contribution < 1.29 is 14.3 Å². The molecule has 8 heteroatoms. The molecule has 0 saturated carbocycles. The molecule has 0 unspecified atom stereocenters. The Balaban J connectivity index is 1.61. The Kier molecular flexibility index (Phi) is 7.25. The summed E-state index contributed by atoms with van der Waals surface area (Å²) >= 11 is 0. The van der Waals surface area contributed by atoms with E-state index in [-0.39, 0.29) is 24.5 Å². The summed E-state index contributed by atoms with van der Waals surface area (Å²) in [6.45, 7) is 4.27. The zero-order valence-electron chi connectivity index (χ0n) is 18.6. The zero-order chi connectivity index (χ0) is 22.4. The van der Waals surface area contributed by atoms with Crippen LogP contribution in [0.4, 0.5) is 0 Å². The average Bonchev–Trinajstić information content (AvgIpc) is 3.33. The van der Waals surface area contributed by atoms with Gasteiger partial charge in [-0.15, -0.1) is 0 Å². The first kappa shape index (κ1) is 22.3. The third-order valence-electron chi connectivity index (χ3n) is 5.39. The molecule has 3 aromatic rings. The molecule has 31 heavy (non-hydrogen) atoms. The van der Waals surface area contributed by atoms with Gasteiger partial charge in [0.15, 0.2) is 0 Å². The zero-order valence-corrected chi connectivity index (χ0v) is 18.6. The van der Waals surface area contributed by atoms with E-state index < -0.39 is 0 Å². The summed E-state index contributed by atoms with van der Waals surface area (Å²) in [5, 5.41) is 7.19. The lowest BCUT2D eigenvalue weighted by Crippen LogP contribution is -2.37. The molecular formula is C23H29N5O3. The van der Waals surface area contributed by atoms with Gasteiger partial charge in [-0.2, -0.15) is 5.10 Å². The number of methoxy groups -OCH3 is 2. The van der Waals surface area contributed by atoms with E-state index in [1.165, 1.54) is 6.33 Å². The van der Waals surface area contributed by atoms with Crippen molar-refractivity contribution in [2.24, 2.45) is 0 Å². The van der Waals surface area contributed by atoms with E-state index in [4.69, 9.17) is 9.47 Å². The number of likely N-dealkylation sites (N-methyl/N-ethyl adjacent to an activating group) is 1. The van der Waals surface area contributed by atoms with Gasteiger partial charge in [0.05, 0.1) is 32.5 Å². The molecule has 1 amide bonds. The van der Waals surface area contributed by atoms with Crippen molar-refractivity contribution in [3.63, 3.8) is 0 Å². The normalized spacial score (nSPS) is 13.0. The van der Waals surface area contributed by atoms with Crippen molar-refractivity contribution in [3.05, 3.63) is 66.2 Å². The Morgan fingerprint density at radius 3 is 2.48 bits per heavy atom. The third kappa shape index (κ3) is 5.40. The minimum atomic E-state index is -0.219. The lowest BCUT2D eigenvalue weighted by atomic mass is 10.1. The predicted molar refractivity (Wildman–Crippen MR) is 119 cm³/mol. The number of aromatic nitrogens is 3. The van der Waals surface area contributed by atoms with Gasteiger partial charge in [0, 0.05) is 11.6 Å². The fraction of sp³-hybridized carbons (Fsp3) is 0.348. The molecule has 0 spiro atoms. The number of benzene rings is 2. The van der Waals surface area contributed by atoms with Gasteiger partial charge in [0.2, 0.25) is 5.91 Å². The second kappa shape index (κ2) is 10.1. The quantitative estimate of drug-likeness (QED) is 0.569. The Morgan fingerprint density at radius 1 is 1.13 bits per heavy atom. The van der Waals surface area contributed by atoms with Crippen molar-refractivity contribution in [2.75, 3.05) is 27.8 Å². The molecule has 1 N–H and O–H groups in total. The van der Waals surface area contributed by atoms with Gasteiger partial charge in [0.25, 0.3) is 0 Å². The first-order valence-electron chi connectivity index (χ1n) is 10.1. The standard InChI is InChI=1S/C23H29N5O3/c1-16(21-12-20(30-4)10-11-22(21)31-5)26-23(29)13-27(3)17(2)18-6-8-19(9-7-18)28-15-24-14-25-28/h6-12,14-17H,13H2,1-5H3,(H,26,29)/t16-,17+/m1/s1. The molecule has 0 radical (unpaired) electrons. The Morgan fingerprint density at radius 2 is 1.87 bits per heavy atom. The summed E-state index contributed by atoms with van der Waals surface area (Å²) in [7, 11) is 5.17. The fourth-order valence-electron chi connectivity index (χ4n) is 3.41. The number of rotatable bonds is 9. The first-order chi connectivity index (χ1) is 14.9. The summed E-state index contributed by atoms with van der Waals surface area (Å²) in [6.07, 6.45) is 3.17. The maximum Gasteiger partial charge on any atom is 0.234 e. The lowest BCUT2D eigenvalue weighted by molar-refractivity contribution is -0.123. The molecule has 1 heterocycles. The molecule has 3 rings (SSSR count). The van der Waals surface area contributed by atoms with Crippen LogP contribution in [0.2, 0.25) is 0 Å². The number of hydrogen-bond acceptors (Lipinski definition) is 6.